The zero-order valence-electron chi connectivity index (χ0n) is 51.7. The van der Waals surface area contributed by atoms with E-state index in [9.17, 15) is 14.4 Å². The van der Waals surface area contributed by atoms with Gasteiger partial charge in [-0.2, -0.15) is 0 Å². The monoisotopic (exact) mass is 1080 g/mol. The lowest BCUT2D eigenvalue weighted by Crippen LogP contribution is -2.30. The highest BCUT2D eigenvalue weighted by Gasteiger charge is 2.19. The second kappa shape index (κ2) is 65.9. The Morgan fingerprint density at radius 1 is 0.260 bits per heavy atom. The van der Waals surface area contributed by atoms with Crippen molar-refractivity contribution in [3.8, 4) is 0 Å². The lowest BCUT2D eigenvalue weighted by atomic mass is 10.0. The largest absolute Gasteiger partial charge is 0.462 e. The third-order valence-corrected chi connectivity index (χ3v) is 15.3. The van der Waals surface area contributed by atoms with Gasteiger partial charge in [0.05, 0.1) is 0 Å². The molecule has 6 heteroatoms. The fraction of sp³-hybridized carbons (Fsp3) is 0.845. The van der Waals surface area contributed by atoms with Crippen LogP contribution < -0.4 is 0 Å². The van der Waals surface area contributed by atoms with Crippen molar-refractivity contribution in [3.63, 3.8) is 0 Å². The Kier molecular flexibility index (Phi) is 63.6. The first-order chi connectivity index (χ1) is 38.0. The quantitative estimate of drug-likeness (QED) is 0.0261. The summed E-state index contributed by atoms with van der Waals surface area (Å²) < 4.78 is 16.9. The third kappa shape index (κ3) is 64.1. The number of carbonyl (C=O) groups is 3. The molecular weight excluding hydrogens is 949 g/mol. The Balaban J connectivity index is 4.19. The van der Waals surface area contributed by atoms with Crippen LogP contribution in [0.3, 0.4) is 0 Å². The summed E-state index contributed by atoms with van der Waals surface area (Å²) in [4.78, 5) is 38.3. The van der Waals surface area contributed by atoms with E-state index in [0.717, 1.165) is 103 Å². The predicted molar refractivity (Wildman–Crippen MR) is 335 cm³/mol. The zero-order valence-corrected chi connectivity index (χ0v) is 51.7. The molecule has 0 fully saturated rings. The van der Waals surface area contributed by atoms with E-state index in [0.29, 0.717) is 19.3 Å². The van der Waals surface area contributed by atoms with Crippen molar-refractivity contribution in [2.24, 2.45) is 0 Å². The summed E-state index contributed by atoms with van der Waals surface area (Å²) in [6, 6.07) is 0. The van der Waals surface area contributed by atoms with Crippen LogP contribution in [0, 0.1) is 0 Å². The van der Waals surface area contributed by atoms with Crippen molar-refractivity contribution in [2.45, 2.75) is 374 Å². The molecule has 0 saturated heterocycles. The molecule has 0 heterocycles. The Bertz CT molecular complexity index is 1330. The van der Waals surface area contributed by atoms with Crippen molar-refractivity contribution < 1.29 is 28.6 Å². The summed E-state index contributed by atoms with van der Waals surface area (Å²) in [6.07, 6.45) is 82.9. The fourth-order valence-corrected chi connectivity index (χ4v) is 10.1. The molecule has 0 bridgehead atoms. The fourth-order valence-electron chi connectivity index (χ4n) is 10.1. The molecule has 0 aliphatic heterocycles. The van der Waals surface area contributed by atoms with Gasteiger partial charge in [-0.15, -0.1) is 0 Å². The van der Waals surface area contributed by atoms with E-state index in [4.69, 9.17) is 14.2 Å². The molecule has 450 valence electrons. The minimum absolute atomic E-state index is 0.0801. The van der Waals surface area contributed by atoms with Gasteiger partial charge in [0.25, 0.3) is 0 Å². The molecule has 0 N–H and O–H groups in total. The molecule has 0 rings (SSSR count). The number of ether oxygens (including phenoxy) is 3. The first-order valence-corrected chi connectivity index (χ1v) is 34.1. The van der Waals surface area contributed by atoms with Crippen molar-refractivity contribution in [1.82, 2.24) is 0 Å². The molecule has 0 aromatic heterocycles. The Labute approximate surface area is 479 Å². The predicted octanol–water partition coefficient (Wildman–Crippen LogP) is 23.3. The van der Waals surface area contributed by atoms with Crippen LogP contribution in [0.15, 0.2) is 48.6 Å². The number of hydrogen-bond donors (Lipinski definition) is 0. The molecule has 0 saturated carbocycles. The number of rotatable bonds is 63. The number of esters is 3. The summed E-state index contributed by atoms with van der Waals surface area (Å²) in [6.45, 7) is 6.62. The average Bonchev–Trinajstić information content (AvgIpc) is 3.43. The van der Waals surface area contributed by atoms with Gasteiger partial charge in [0.2, 0.25) is 0 Å². The smallest absolute Gasteiger partial charge is 0.306 e. The topological polar surface area (TPSA) is 78.9 Å². The highest BCUT2D eigenvalue weighted by Crippen LogP contribution is 2.18. The van der Waals surface area contributed by atoms with Crippen LogP contribution >= 0.6 is 0 Å². The van der Waals surface area contributed by atoms with E-state index in [1.165, 1.54) is 225 Å². The maximum atomic E-state index is 12.9. The maximum absolute atomic E-state index is 12.9. The highest BCUT2D eigenvalue weighted by atomic mass is 16.6. The third-order valence-electron chi connectivity index (χ3n) is 15.3. The van der Waals surface area contributed by atoms with Crippen LogP contribution in [0.2, 0.25) is 0 Å². The van der Waals surface area contributed by atoms with E-state index in [-0.39, 0.29) is 31.1 Å². The first-order valence-electron chi connectivity index (χ1n) is 34.1. The number of unbranched alkanes of at least 4 members (excludes halogenated alkanes) is 44. The van der Waals surface area contributed by atoms with Gasteiger partial charge in [-0.05, 0) is 77.0 Å². The van der Waals surface area contributed by atoms with E-state index >= 15 is 0 Å². The summed E-state index contributed by atoms with van der Waals surface area (Å²) >= 11 is 0. The maximum Gasteiger partial charge on any atom is 0.306 e. The first kappa shape index (κ1) is 74.4. The molecule has 0 spiro atoms. The van der Waals surface area contributed by atoms with E-state index in [2.05, 4.69) is 69.4 Å². The van der Waals surface area contributed by atoms with Crippen molar-refractivity contribution in [3.05, 3.63) is 48.6 Å². The lowest BCUT2D eigenvalue weighted by Gasteiger charge is -2.18. The molecule has 0 aliphatic carbocycles. The molecule has 0 aromatic rings. The van der Waals surface area contributed by atoms with Crippen molar-refractivity contribution in [2.75, 3.05) is 13.2 Å². The van der Waals surface area contributed by atoms with Crippen LogP contribution in [0.4, 0.5) is 0 Å². The summed E-state index contributed by atoms with van der Waals surface area (Å²) in [5, 5.41) is 0. The molecule has 0 radical (unpaired) electrons. The lowest BCUT2D eigenvalue weighted by molar-refractivity contribution is -0.167. The van der Waals surface area contributed by atoms with Crippen LogP contribution in [0.5, 0.6) is 0 Å². The molecule has 0 aliphatic rings. The SMILES string of the molecule is CCCC/C=C\C/C=C\CCCCCCCC(=O)OCC(COC(=O)CCCCCCCCCCCCCCCCCCCCCCCCCCCCCCC)OC(=O)CCCCCCC/C=C\C/C=C\CCCCCC. The van der Waals surface area contributed by atoms with Gasteiger partial charge >= 0.3 is 17.9 Å². The van der Waals surface area contributed by atoms with Crippen LogP contribution in [0.25, 0.3) is 0 Å². The van der Waals surface area contributed by atoms with Crippen LogP contribution in [-0.4, -0.2) is 37.2 Å². The van der Waals surface area contributed by atoms with E-state index in [1.807, 2.05) is 0 Å². The number of hydrogen-bond acceptors (Lipinski definition) is 6. The van der Waals surface area contributed by atoms with Gasteiger partial charge in [0.1, 0.15) is 13.2 Å². The molecule has 0 amide bonds. The van der Waals surface area contributed by atoms with Gasteiger partial charge in [-0.25, -0.2) is 0 Å². The van der Waals surface area contributed by atoms with Gasteiger partial charge in [0.15, 0.2) is 6.10 Å². The Morgan fingerprint density at radius 2 is 0.481 bits per heavy atom. The van der Waals surface area contributed by atoms with Gasteiger partial charge in [-0.1, -0.05) is 320 Å². The van der Waals surface area contributed by atoms with Crippen molar-refractivity contribution >= 4 is 17.9 Å². The number of allylic oxidation sites excluding steroid dienone is 8. The average molecular weight is 1080 g/mol. The van der Waals surface area contributed by atoms with Crippen LogP contribution in [-0.2, 0) is 28.6 Å². The summed E-state index contributed by atoms with van der Waals surface area (Å²) in [5.74, 6) is -0.888. The normalized spacial score (nSPS) is 12.3. The van der Waals surface area contributed by atoms with Gasteiger partial charge in [-0.3, -0.25) is 14.4 Å². The molecule has 0 aromatic carbocycles. The van der Waals surface area contributed by atoms with Crippen molar-refractivity contribution in [1.29, 1.82) is 0 Å². The number of carbonyl (C=O) groups excluding carboxylic acids is 3. The second-order valence-corrected chi connectivity index (χ2v) is 23.1. The Hall–Kier alpha value is -2.63. The second-order valence-electron chi connectivity index (χ2n) is 23.1. The van der Waals surface area contributed by atoms with E-state index in [1.54, 1.807) is 0 Å². The highest BCUT2D eigenvalue weighted by molar-refractivity contribution is 5.71. The zero-order chi connectivity index (χ0) is 55.7. The Morgan fingerprint density at radius 3 is 0.766 bits per heavy atom. The van der Waals surface area contributed by atoms with E-state index < -0.39 is 6.10 Å². The van der Waals surface area contributed by atoms with Gasteiger partial charge < -0.3 is 14.2 Å². The minimum atomic E-state index is -0.786. The standard InChI is InChI=1S/C71H130O6/c1-4-7-10-13-16-19-22-25-28-30-31-32-33-34-35-36-37-38-39-40-41-42-44-46-49-52-55-58-61-64-70(73)76-67-68(66-75-69(72)63-60-57-54-51-48-45-27-24-21-18-15-12-9-6-3)77-71(74)65-62-59-56-53-50-47-43-29-26-23-20-17-14-11-8-5-2/h15,18,20,23-24,27,29,43,68H,4-14,16-17,19,21-22,25-26,28,30-42,44-67H2,1-3H3/b18-15-,23-20-,27-24-,43-29-. The summed E-state index contributed by atoms with van der Waals surface area (Å²) in [5.41, 5.74) is 0. The molecule has 1 atom stereocenters. The minimum Gasteiger partial charge on any atom is -0.462 e. The molecule has 1 unspecified atom stereocenters. The molecule has 6 nitrogen and oxygen atoms in total. The molecular formula is C71H130O6. The van der Waals surface area contributed by atoms with Crippen LogP contribution in [0.1, 0.15) is 367 Å². The molecule has 77 heavy (non-hydrogen) atoms. The summed E-state index contributed by atoms with van der Waals surface area (Å²) in [7, 11) is 0. The van der Waals surface area contributed by atoms with Gasteiger partial charge in [0, 0.05) is 19.3 Å².